The van der Waals surface area contributed by atoms with Gasteiger partial charge in [0.1, 0.15) is 12.4 Å². The standard InChI is InChI=1S/C11H15NO2/c1-9(7-10(8-13)14-2)11-5-3-4-6-12-11/h3-7,9,13H,8H2,1-2H3/b10-7-. The van der Waals surface area contributed by atoms with E-state index in [1.807, 2.05) is 31.2 Å². The van der Waals surface area contributed by atoms with Gasteiger partial charge in [-0.15, -0.1) is 0 Å². The van der Waals surface area contributed by atoms with Gasteiger partial charge in [-0.25, -0.2) is 0 Å². The number of pyridine rings is 1. The molecule has 0 amide bonds. The number of rotatable bonds is 4. The molecule has 1 atom stereocenters. The van der Waals surface area contributed by atoms with E-state index in [2.05, 4.69) is 4.98 Å². The second-order valence-electron chi connectivity index (χ2n) is 3.04. The highest BCUT2D eigenvalue weighted by atomic mass is 16.5. The number of aromatic nitrogens is 1. The van der Waals surface area contributed by atoms with Crippen LogP contribution in [0.3, 0.4) is 0 Å². The van der Waals surface area contributed by atoms with Crippen LogP contribution in [0.25, 0.3) is 0 Å². The van der Waals surface area contributed by atoms with Crippen LogP contribution in [0, 0.1) is 0 Å². The predicted molar refractivity (Wildman–Crippen MR) is 54.8 cm³/mol. The van der Waals surface area contributed by atoms with Gasteiger partial charge in [0.25, 0.3) is 0 Å². The van der Waals surface area contributed by atoms with Gasteiger partial charge in [0, 0.05) is 17.8 Å². The number of hydrogen-bond donors (Lipinski definition) is 1. The molecular formula is C11H15NO2. The molecule has 76 valence electrons. The fourth-order valence-corrected chi connectivity index (χ4v) is 1.19. The lowest BCUT2D eigenvalue weighted by Crippen LogP contribution is -1.98. The fourth-order valence-electron chi connectivity index (χ4n) is 1.19. The van der Waals surface area contributed by atoms with E-state index < -0.39 is 0 Å². The summed E-state index contributed by atoms with van der Waals surface area (Å²) in [5, 5.41) is 8.91. The predicted octanol–water partition coefficient (Wildman–Crippen LogP) is 1.71. The summed E-state index contributed by atoms with van der Waals surface area (Å²) in [6.07, 6.45) is 3.62. The van der Waals surface area contributed by atoms with Gasteiger partial charge >= 0.3 is 0 Å². The maximum Gasteiger partial charge on any atom is 0.118 e. The van der Waals surface area contributed by atoms with Gasteiger partial charge in [-0.2, -0.15) is 0 Å². The summed E-state index contributed by atoms with van der Waals surface area (Å²) >= 11 is 0. The zero-order valence-electron chi connectivity index (χ0n) is 8.47. The summed E-state index contributed by atoms with van der Waals surface area (Å²) in [6.45, 7) is 1.94. The number of aliphatic hydroxyl groups excluding tert-OH is 1. The Balaban J connectivity index is 2.76. The molecule has 0 aliphatic rings. The third-order valence-electron chi connectivity index (χ3n) is 2.01. The number of methoxy groups -OCH3 is 1. The molecule has 3 heteroatoms. The summed E-state index contributed by atoms with van der Waals surface area (Å²) in [7, 11) is 1.55. The van der Waals surface area contributed by atoms with E-state index in [9.17, 15) is 0 Å². The molecule has 1 aromatic heterocycles. The molecule has 1 unspecified atom stereocenters. The van der Waals surface area contributed by atoms with Crippen LogP contribution in [0.15, 0.2) is 36.2 Å². The van der Waals surface area contributed by atoms with E-state index in [0.29, 0.717) is 5.76 Å². The Morgan fingerprint density at radius 3 is 2.93 bits per heavy atom. The minimum atomic E-state index is -0.0757. The van der Waals surface area contributed by atoms with E-state index in [1.165, 1.54) is 0 Å². The monoisotopic (exact) mass is 193 g/mol. The molecule has 1 N–H and O–H groups in total. The lowest BCUT2D eigenvalue weighted by atomic mass is 10.1. The Labute approximate surface area is 84.1 Å². The van der Waals surface area contributed by atoms with E-state index in [0.717, 1.165) is 5.69 Å². The van der Waals surface area contributed by atoms with Crippen molar-refractivity contribution in [3.63, 3.8) is 0 Å². The first-order valence-corrected chi connectivity index (χ1v) is 4.54. The average Bonchev–Trinajstić information content (AvgIpc) is 2.26. The van der Waals surface area contributed by atoms with Crippen LogP contribution in [0.2, 0.25) is 0 Å². The van der Waals surface area contributed by atoms with Gasteiger partial charge in [0.05, 0.1) is 7.11 Å². The fraction of sp³-hybridized carbons (Fsp3) is 0.364. The van der Waals surface area contributed by atoms with Crippen molar-refractivity contribution < 1.29 is 9.84 Å². The van der Waals surface area contributed by atoms with Crippen molar-refractivity contribution in [1.29, 1.82) is 0 Å². The van der Waals surface area contributed by atoms with Crippen molar-refractivity contribution in [2.24, 2.45) is 0 Å². The van der Waals surface area contributed by atoms with Crippen LogP contribution >= 0.6 is 0 Å². The molecule has 1 rings (SSSR count). The van der Waals surface area contributed by atoms with E-state index in [-0.39, 0.29) is 12.5 Å². The number of ether oxygens (including phenoxy) is 1. The van der Waals surface area contributed by atoms with Crippen molar-refractivity contribution in [3.8, 4) is 0 Å². The zero-order chi connectivity index (χ0) is 10.4. The van der Waals surface area contributed by atoms with E-state index in [1.54, 1.807) is 13.3 Å². The summed E-state index contributed by atoms with van der Waals surface area (Å²) in [5.41, 5.74) is 0.968. The number of hydrogen-bond acceptors (Lipinski definition) is 3. The first-order valence-electron chi connectivity index (χ1n) is 4.54. The third-order valence-corrected chi connectivity index (χ3v) is 2.01. The molecule has 0 bridgehead atoms. The van der Waals surface area contributed by atoms with Gasteiger partial charge in [-0.3, -0.25) is 4.98 Å². The molecule has 0 saturated carbocycles. The molecule has 0 fully saturated rings. The lowest BCUT2D eigenvalue weighted by molar-refractivity contribution is 0.205. The largest absolute Gasteiger partial charge is 0.499 e. The van der Waals surface area contributed by atoms with Crippen LogP contribution in [0.4, 0.5) is 0 Å². The molecule has 3 nitrogen and oxygen atoms in total. The van der Waals surface area contributed by atoms with Crippen molar-refractivity contribution >= 4 is 0 Å². The molecule has 0 aromatic carbocycles. The minimum absolute atomic E-state index is 0.0757. The van der Waals surface area contributed by atoms with Crippen LogP contribution in [0.1, 0.15) is 18.5 Å². The van der Waals surface area contributed by atoms with Crippen molar-refractivity contribution in [1.82, 2.24) is 4.98 Å². The Morgan fingerprint density at radius 2 is 2.43 bits per heavy atom. The summed E-state index contributed by atoms with van der Waals surface area (Å²) in [4.78, 5) is 4.22. The maximum atomic E-state index is 8.91. The van der Waals surface area contributed by atoms with Crippen molar-refractivity contribution in [2.75, 3.05) is 13.7 Å². The van der Waals surface area contributed by atoms with Gasteiger partial charge in [-0.1, -0.05) is 13.0 Å². The van der Waals surface area contributed by atoms with Gasteiger partial charge in [-0.05, 0) is 18.2 Å². The molecule has 0 aliphatic carbocycles. The first-order chi connectivity index (χ1) is 6.77. The van der Waals surface area contributed by atoms with Crippen molar-refractivity contribution in [2.45, 2.75) is 12.8 Å². The molecule has 0 saturated heterocycles. The smallest absolute Gasteiger partial charge is 0.118 e. The highest BCUT2D eigenvalue weighted by molar-refractivity contribution is 5.16. The molecule has 0 spiro atoms. The molecule has 1 heterocycles. The van der Waals surface area contributed by atoms with Crippen LogP contribution in [-0.2, 0) is 4.74 Å². The Hall–Kier alpha value is -1.35. The number of nitrogens with zero attached hydrogens (tertiary/aromatic N) is 1. The third kappa shape index (κ3) is 2.85. The normalized spacial score (nSPS) is 13.8. The Morgan fingerprint density at radius 1 is 1.64 bits per heavy atom. The first kappa shape index (κ1) is 10.7. The highest BCUT2D eigenvalue weighted by Gasteiger charge is 2.04. The summed E-state index contributed by atoms with van der Waals surface area (Å²) in [5.74, 6) is 0.724. The SMILES string of the molecule is CO/C(=C\C(C)c1ccccn1)CO. The second-order valence-corrected chi connectivity index (χ2v) is 3.04. The van der Waals surface area contributed by atoms with Crippen LogP contribution in [0.5, 0.6) is 0 Å². The molecule has 0 aliphatic heterocycles. The van der Waals surface area contributed by atoms with E-state index in [4.69, 9.17) is 9.84 Å². The summed E-state index contributed by atoms with van der Waals surface area (Å²) in [6, 6.07) is 5.77. The zero-order valence-corrected chi connectivity index (χ0v) is 8.47. The Bertz CT molecular complexity index is 289. The van der Waals surface area contributed by atoms with Gasteiger partial charge < -0.3 is 9.84 Å². The van der Waals surface area contributed by atoms with Gasteiger partial charge in [0.2, 0.25) is 0 Å². The number of allylic oxidation sites excluding steroid dienone is 1. The molecular weight excluding hydrogens is 178 g/mol. The van der Waals surface area contributed by atoms with Crippen LogP contribution < -0.4 is 0 Å². The second kappa shape index (κ2) is 5.40. The molecule has 1 aromatic rings. The average molecular weight is 193 g/mol. The maximum absolute atomic E-state index is 8.91. The molecule has 14 heavy (non-hydrogen) atoms. The van der Waals surface area contributed by atoms with E-state index >= 15 is 0 Å². The van der Waals surface area contributed by atoms with Crippen molar-refractivity contribution in [3.05, 3.63) is 41.9 Å². The number of aliphatic hydroxyl groups is 1. The molecule has 0 radical (unpaired) electrons. The highest BCUT2D eigenvalue weighted by Crippen LogP contribution is 2.15. The lowest BCUT2D eigenvalue weighted by Gasteiger charge is -2.08. The topological polar surface area (TPSA) is 42.4 Å². The quantitative estimate of drug-likeness (QED) is 0.740. The minimum Gasteiger partial charge on any atom is -0.499 e. The Kier molecular flexibility index (Phi) is 4.13. The summed E-state index contributed by atoms with van der Waals surface area (Å²) < 4.78 is 4.97. The van der Waals surface area contributed by atoms with Gasteiger partial charge in [0.15, 0.2) is 0 Å². The van der Waals surface area contributed by atoms with Crippen LogP contribution in [-0.4, -0.2) is 23.8 Å².